The van der Waals surface area contributed by atoms with Crippen molar-refractivity contribution in [2.75, 3.05) is 24.8 Å². The van der Waals surface area contributed by atoms with Crippen molar-refractivity contribution in [2.45, 2.75) is 0 Å². The Balaban J connectivity index is 2.04. The molecule has 1 aromatic carbocycles. The molecule has 0 aliphatic carbocycles. The highest BCUT2D eigenvalue weighted by Gasteiger charge is 2.11. The van der Waals surface area contributed by atoms with Gasteiger partial charge in [-0.15, -0.1) is 10.2 Å². The average Bonchev–Trinajstić information content (AvgIpc) is 2.93. The molecule has 0 amide bonds. The van der Waals surface area contributed by atoms with Crippen LogP contribution in [0.25, 0.3) is 5.65 Å². The van der Waals surface area contributed by atoms with Gasteiger partial charge in [-0.25, -0.2) is 4.98 Å². The van der Waals surface area contributed by atoms with Crippen LogP contribution in [0.3, 0.4) is 0 Å². The molecule has 21 heavy (non-hydrogen) atoms. The first-order valence-corrected chi connectivity index (χ1v) is 6.59. The predicted molar refractivity (Wildman–Crippen MR) is 81.6 cm³/mol. The Hall–Kier alpha value is -2.54. The number of methoxy groups -OCH3 is 1. The maximum atomic E-state index is 6.19. The minimum atomic E-state index is 0.557. The number of nitrogens with one attached hydrogen (secondary N) is 2. The van der Waals surface area contributed by atoms with Crippen LogP contribution in [0.15, 0.2) is 30.6 Å². The zero-order chi connectivity index (χ0) is 14.8. The SMILES string of the molecule is CNc1nnc2c(Nc3cc(OC)ccc3Cl)nccn12. The normalized spacial score (nSPS) is 10.6. The lowest BCUT2D eigenvalue weighted by atomic mass is 10.3. The summed E-state index contributed by atoms with van der Waals surface area (Å²) in [6.07, 6.45) is 3.44. The largest absolute Gasteiger partial charge is 0.497 e. The van der Waals surface area contributed by atoms with Crippen LogP contribution in [-0.2, 0) is 0 Å². The summed E-state index contributed by atoms with van der Waals surface area (Å²) in [5, 5.41) is 14.8. The van der Waals surface area contributed by atoms with Gasteiger partial charge in [-0.2, -0.15) is 0 Å². The van der Waals surface area contributed by atoms with E-state index in [4.69, 9.17) is 16.3 Å². The molecule has 108 valence electrons. The molecule has 0 aliphatic heterocycles. The first kappa shape index (κ1) is 13.4. The number of aromatic nitrogens is 4. The molecule has 0 unspecified atom stereocenters. The standard InChI is InChI=1S/C13H13ClN6O/c1-15-13-19-18-12-11(16-5-6-20(12)13)17-10-7-8(21-2)3-4-9(10)14/h3-7H,1-2H3,(H,15,19)(H,16,17). The molecular formula is C13H13ClN6O. The Labute approximate surface area is 125 Å². The van der Waals surface area contributed by atoms with Gasteiger partial charge < -0.3 is 15.4 Å². The average molecular weight is 305 g/mol. The van der Waals surface area contributed by atoms with Gasteiger partial charge in [0.2, 0.25) is 11.6 Å². The molecule has 2 aromatic heterocycles. The highest BCUT2D eigenvalue weighted by molar-refractivity contribution is 6.33. The number of nitrogens with zero attached hydrogens (tertiary/aromatic N) is 4. The highest BCUT2D eigenvalue weighted by Crippen LogP contribution is 2.30. The quantitative estimate of drug-likeness (QED) is 0.771. The molecule has 0 spiro atoms. The van der Waals surface area contributed by atoms with Gasteiger partial charge >= 0.3 is 0 Å². The smallest absolute Gasteiger partial charge is 0.228 e. The van der Waals surface area contributed by atoms with Gasteiger partial charge in [0, 0.05) is 25.5 Å². The minimum Gasteiger partial charge on any atom is -0.497 e. The van der Waals surface area contributed by atoms with Gasteiger partial charge in [0.25, 0.3) is 0 Å². The van der Waals surface area contributed by atoms with Gasteiger partial charge in [0.15, 0.2) is 5.82 Å². The van der Waals surface area contributed by atoms with Gasteiger partial charge in [0.05, 0.1) is 17.8 Å². The van der Waals surface area contributed by atoms with Crippen molar-refractivity contribution < 1.29 is 4.74 Å². The third-order valence-corrected chi connectivity index (χ3v) is 3.31. The lowest BCUT2D eigenvalue weighted by Crippen LogP contribution is -2.00. The Bertz CT molecular complexity index is 787. The van der Waals surface area contributed by atoms with Crippen LogP contribution in [0, 0.1) is 0 Å². The molecule has 0 saturated heterocycles. The number of hydrogen-bond donors (Lipinski definition) is 2. The third-order valence-electron chi connectivity index (χ3n) is 2.98. The van der Waals surface area contributed by atoms with Crippen molar-refractivity contribution in [3.63, 3.8) is 0 Å². The Morgan fingerprint density at radius 1 is 1.29 bits per heavy atom. The first-order chi connectivity index (χ1) is 10.2. The van der Waals surface area contributed by atoms with E-state index in [9.17, 15) is 0 Å². The zero-order valence-corrected chi connectivity index (χ0v) is 12.2. The second-order valence-electron chi connectivity index (χ2n) is 4.21. The second kappa shape index (κ2) is 5.45. The number of halogens is 1. The van der Waals surface area contributed by atoms with Crippen molar-refractivity contribution in [3.8, 4) is 5.75 Å². The number of ether oxygens (including phenoxy) is 1. The number of rotatable bonds is 4. The van der Waals surface area contributed by atoms with E-state index < -0.39 is 0 Å². The van der Waals surface area contributed by atoms with E-state index in [0.29, 0.717) is 33.9 Å². The molecule has 2 N–H and O–H groups in total. The summed E-state index contributed by atoms with van der Waals surface area (Å²) in [5.74, 6) is 1.89. The van der Waals surface area contributed by atoms with Gasteiger partial charge in [-0.05, 0) is 12.1 Å². The zero-order valence-electron chi connectivity index (χ0n) is 11.5. The molecule has 0 radical (unpaired) electrons. The van der Waals surface area contributed by atoms with Crippen molar-refractivity contribution in [3.05, 3.63) is 35.6 Å². The van der Waals surface area contributed by atoms with Crippen LogP contribution >= 0.6 is 11.6 Å². The molecule has 2 heterocycles. The van der Waals surface area contributed by atoms with Crippen LogP contribution in [0.4, 0.5) is 17.5 Å². The lowest BCUT2D eigenvalue weighted by molar-refractivity contribution is 0.415. The summed E-state index contributed by atoms with van der Waals surface area (Å²) in [6.45, 7) is 0. The summed E-state index contributed by atoms with van der Waals surface area (Å²) in [5.41, 5.74) is 1.28. The highest BCUT2D eigenvalue weighted by atomic mass is 35.5. The van der Waals surface area contributed by atoms with E-state index in [-0.39, 0.29) is 0 Å². The number of hydrogen-bond acceptors (Lipinski definition) is 6. The monoisotopic (exact) mass is 304 g/mol. The van der Waals surface area contributed by atoms with Crippen molar-refractivity contribution in [2.24, 2.45) is 0 Å². The van der Waals surface area contributed by atoms with Crippen molar-refractivity contribution in [1.29, 1.82) is 0 Å². The fourth-order valence-corrected chi connectivity index (χ4v) is 2.10. The lowest BCUT2D eigenvalue weighted by Gasteiger charge is -2.10. The Morgan fingerprint density at radius 3 is 2.90 bits per heavy atom. The molecule has 0 bridgehead atoms. The van der Waals surface area contributed by atoms with Gasteiger partial charge in [0.1, 0.15) is 5.75 Å². The minimum absolute atomic E-state index is 0.557. The van der Waals surface area contributed by atoms with E-state index in [1.807, 2.05) is 0 Å². The first-order valence-electron chi connectivity index (χ1n) is 6.21. The summed E-state index contributed by atoms with van der Waals surface area (Å²) < 4.78 is 6.99. The second-order valence-corrected chi connectivity index (χ2v) is 4.62. The molecule has 3 aromatic rings. The summed E-state index contributed by atoms with van der Waals surface area (Å²) in [4.78, 5) is 4.28. The Morgan fingerprint density at radius 2 is 2.14 bits per heavy atom. The van der Waals surface area contributed by atoms with Crippen molar-refractivity contribution in [1.82, 2.24) is 19.6 Å². The number of anilines is 3. The molecule has 0 fully saturated rings. The fraction of sp³-hybridized carbons (Fsp3) is 0.154. The molecule has 3 rings (SSSR count). The summed E-state index contributed by atoms with van der Waals surface area (Å²) >= 11 is 6.19. The van der Waals surface area contributed by atoms with Gasteiger partial charge in [-0.3, -0.25) is 4.40 Å². The van der Waals surface area contributed by atoms with E-state index in [1.54, 1.807) is 49.2 Å². The molecule has 0 saturated carbocycles. The van der Waals surface area contributed by atoms with Crippen LogP contribution in [0.1, 0.15) is 0 Å². The van der Waals surface area contributed by atoms with E-state index in [2.05, 4.69) is 25.8 Å². The van der Waals surface area contributed by atoms with E-state index in [1.165, 1.54) is 0 Å². The van der Waals surface area contributed by atoms with Crippen molar-refractivity contribution >= 4 is 34.7 Å². The molecular weight excluding hydrogens is 292 g/mol. The number of benzene rings is 1. The van der Waals surface area contributed by atoms with Gasteiger partial charge in [-0.1, -0.05) is 11.6 Å². The third kappa shape index (κ3) is 2.43. The van der Waals surface area contributed by atoms with Crippen LogP contribution < -0.4 is 15.4 Å². The Kier molecular flexibility index (Phi) is 3.49. The molecule has 7 nitrogen and oxygen atoms in total. The summed E-state index contributed by atoms with van der Waals surface area (Å²) in [7, 11) is 3.38. The van der Waals surface area contributed by atoms with E-state index >= 15 is 0 Å². The topological polar surface area (TPSA) is 76.4 Å². The maximum Gasteiger partial charge on any atom is 0.228 e. The number of fused-ring (bicyclic) bond motifs is 1. The fourth-order valence-electron chi connectivity index (χ4n) is 1.94. The molecule has 0 atom stereocenters. The summed E-state index contributed by atoms with van der Waals surface area (Å²) in [6, 6.07) is 5.34. The predicted octanol–water partition coefficient (Wildman–Crippen LogP) is 2.57. The van der Waals surface area contributed by atoms with Crippen LogP contribution in [0.2, 0.25) is 5.02 Å². The maximum absolute atomic E-state index is 6.19. The molecule has 0 aliphatic rings. The van der Waals surface area contributed by atoms with E-state index in [0.717, 1.165) is 0 Å². The van der Waals surface area contributed by atoms with Crippen LogP contribution in [-0.4, -0.2) is 33.7 Å². The van der Waals surface area contributed by atoms with Crippen LogP contribution in [0.5, 0.6) is 5.75 Å². The molecule has 8 heteroatoms.